The predicted octanol–water partition coefficient (Wildman–Crippen LogP) is 0.338. The van der Waals surface area contributed by atoms with E-state index in [-0.39, 0.29) is 5.33 Å². The lowest BCUT2D eigenvalue weighted by Gasteiger charge is -1.63. The third-order valence-corrected chi connectivity index (χ3v) is 0.567. The highest BCUT2D eigenvalue weighted by atomic mass is 79.9. The van der Waals surface area contributed by atoms with E-state index in [1.165, 1.54) is 0 Å². The van der Waals surface area contributed by atoms with Gasteiger partial charge in [-0.25, -0.2) is 9.90 Å². The molecule has 0 spiro atoms. The Balaban J connectivity index is 2.85. The summed E-state index contributed by atoms with van der Waals surface area (Å²) in [7, 11) is 0. The number of carbonyl (C=O) groups is 1. The van der Waals surface area contributed by atoms with Crippen LogP contribution in [-0.4, -0.2) is 11.3 Å². The molecule has 0 aliphatic carbocycles. The summed E-state index contributed by atoms with van der Waals surface area (Å²) in [5, 5.41) is 9.13. The van der Waals surface area contributed by atoms with Crippen molar-refractivity contribution in [3.8, 4) is 0 Å². The van der Waals surface area contributed by atoms with Crippen LogP contribution in [0, 0.1) is 0 Å². The zero-order valence-corrected chi connectivity index (χ0v) is 3.99. The molecule has 0 atom stereocenters. The first kappa shape index (κ1) is 4.95. The molecule has 0 heterocycles. The third kappa shape index (κ3) is 3.95. The molecule has 0 aromatic carbocycles. The van der Waals surface area contributed by atoms with Crippen molar-refractivity contribution >= 4 is 21.9 Å². The largest absolute Gasteiger partial charge is 0.366 e. The summed E-state index contributed by atoms with van der Waals surface area (Å²) in [4.78, 5) is 9.21. The number of carbonyl (C=O) groups excluding carboxylic acids is 1. The van der Waals surface area contributed by atoms with Crippen LogP contribution in [0.4, 0.5) is 0 Å². The molecule has 2 nitrogen and oxygen atoms in total. The van der Waals surface area contributed by atoms with Crippen LogP contribution in [0.3, 0.4) is 0 Å². The minimum absolute atomic E-state index is 0.0764. The van der Waals surface area contributed by atoms with Crippen molar-refractivity contribution < 1.29 is 9.90 Å². The molecule has 0 aromatic rings. The quantitative estimate of drug-likeness (QED) is 0.481. The second-order valence-electron chi connectivity index (χ2n) is 0.506. The van der Waals surface area contributed by atoms with Crippen molar-refractivity contribution in [2.24, 2.45) is 0 Å². The summed E-state index contributed by atoms with van der Waals surface area (Å²) in [5.74, 6) is -1.08. The van der Waals surface area contributed by atoms with Gasteiger partial charge in [0, 0.05) is 0 Å². The molecular formula is C2H2BrO2. The van der Waals surface area contributed by atoms with Crippen molar-refractivity contribution in [1.29, 1.82) is 0 Å². The Morgan fingerprint density at radius 2 is 2.00 bits per heavy atom. The lowest BCUT2D eigenvalue weighted by molar-refractivity contribution is -0.139. The molecule has 0 aliphatic rings. The van der Waals surface area contributed by atoms with Crippen LogP contribution in [-0.2, 0) is 9.90 Å². The number of alkyl halides is 1. The monoisotopic (exact) mass is 137 g/mol. The van der Waals surface area contributed by atoms with Gasteiger partial charge in [-0.2, -0.15) is 0 Å². The van der Waals surface area contributed by atoms with Gasteiger partial charge in [-0.3, -0.25) is 0 Å². The first-order valence-corrected chi connectivity index (χ1v) is 2.15. The van der Waals surface area contributed by atoms with Gasteiger partial charge in [0.15, 0.2) is 0 Å². The SMILES string of the molecule is [O]C(=O)CBr. The Hall–Kier alpha value is -0.0500. The molecule has 0 bridgehead atoms. The van der Waals surface area contributed by atoms with Crippen molar-refractivity contribution in [1.82, 2.24) is 0 Å². The van der Waals surface area contributed by atoms with Crippen molar-refractivity contribution in [2.75, 3.05) is 5.33 Å². The third-order valence-electron chi connectivity index (χ3n) is 0.109. The van der Waals surface area contributed by atoms with E-state index in [1.807, 2.05) is 0 Å². The molecular weight excluding hydrogens is 136 g/mol. The van der Waals surface area contributed by atoms with Crippen LogP contribution in [0.25, 0.3) is 0 Å². The van der Waals surface area contributed by atoms with Crippen molar-refractivity contribution in [2.45, 2.75) is 0 Å². The summed E-state index contributed by atoms with van der Waals surface area (Å²) >= 11 is 2.65. The van der Waals surface area contributed by atoms with Gasteiger partial charge >= 0.3 is 5.97 Å². The fourth-order valence-corrected chi connectivity index (χ4v) is 0. The first-order valence-electron chi connectivity index (χ1n) is 1.03. The Morgan fingerprint density at radius 3 is 2.00 bits per heavy atom. The fraction of sp³-hybridized carbons (Fsp3) is 0.500. The van der Waals surface area contributed by atoms with E-state index in [9.17, 15) is 9.90 Å². The van der Waals surface area contributed by atoms with Crippen molar-refractivity contribution in [3.63, 3.8) is 0 Å². The fourth-order valence-electron chi connectivity index (χ4n) is 0. The number of hydrogen-bond donors (Lipinski definition) is 0. The molecule has 0 aromatic heterocycles. The molecule has 1 radical (unpaired) electrons. The minimum atomic E-state index is -1.08. The summed E-state index contributed by atoms with van der Waals surface area (Å²) in [6, 6.07) is 0. The summed E-state index contributed by atoms with van der Waals surface area (Å²) in [6.07, 6.45) is 0. The van der Waals surface area contributed by atoms with E-state index in [1.54, 1.807) is 0 Å². The number of halogens is 1. The van der Waals surface area contributed by atoms with E-state index >= 15 is 0 Å². The van der Waals surface area contributed by atoms with E-state index in [4.69, 9.17) is 0 Å². The van der Waals surface area contributed by atoms with Gasteiger partial charge in [0.25, 0.3) is 0 Å². The standard InChI is InChI=1S/C2H2BrO2/c3-1-2(4)5/h1H2. The average Bonchev–Trinajstić information content (AvgIpc) is 1.38. The van der Waals surface area contributed by atoms with Gasteiger partial charge in [0.2, 0.25) is 0 Å². The maximum absolute atomic E-state index is 9.21. The zero-order valence-electron chi connectivity index (χ0n) is 2.40. The average molecular weight is 138 g/mol. The molecule has 29 valence electrons. The highest BCUT2D eigenvalue weighted by Gasteiger charge is 1.87. The van der Waals surface area contributed by atoms with Crippen LogP contribution in [0.1, 0.15) is 0 Å². The molecule has 0 saturated carbocycles. The maximum atomic E-state index is 9.21. The Morgan fingerprint density at radius 1 is 1.80 bits per heavy atom. The topological polar surface area (TPSA) is 37.0 Å². The first-order chi connectivity index (χ1) is 2.27. The molecule has 0 saturated heterocycles. The molecule has 0 rings (SSSR count). The van der Waals surface area contributed by atoms with Gasteiger partial charge in [-0.1, -0.05) is 15.9 Å². The van der Waals surface area contributed by atoms with E-state index in [0.29, 0.717) is 0 Å². The Bertz CT molecular complexity index is 42.9. The van der Waals surface area contributed by atoms with Gasteiger partial charge in [-0.15, -0.1) is 0 Å². The second kappa shape index (κ2) is 2.20. The molecule has 5 heavy (non-hydrogen) atoms. The van der Waals surface area contributed by atoms with Gasteiger partial charge in [0.05, 0.1) is 0 Å². The highest BCUT2D eigenvalue weighted by molar-refractivity contribution is 9.09. The van der Waals surface area contributed by atoms with Crippen molar-refractivity contribution in [3.05, 3.63) is 0 Å². The highest BCUT2D eigenvalue weighted by Crippen LogP contribution is 1.74. The van der Waals surface area contributed by atoms with Gasteiger partial charge in [-0.05, 0) is 0 Å². The molecule has 3 heteroatoms. The molecule has 0 amide bonds. The molecule has 0 aliphatic heterocycles. The predicted molar refractivity (Wildman–Crippen MR) is 19.5 cm³/mol. The molecule has 0 N–H and O–H groups in total. The summed E-state index contributed by atoms with van der Waals surface area (Å²) < 4.78 is 0. The minimum Gasteiger partial charge on any atom is -0.246 e. The van der Waals surface area contributed by atoms with Crippen LogP contribution >= 0.6 is 15.9 Å². The lowest BCUT2D eigenvalue weighted by Crippen LogP contribution is -1.89. The lowest BCUT2D eigenvalue weighted by atomic mass is 10.8. The van der Waals surface area contributed by atoms with Gasteiger partial charge in [0.1, 0.15) is 5.33 Å². The van der Waals surface area contributed by atoms with Crippen LogP contribution in [0.15, 0.2) is 0 Å². The smallest absolute Gasteiger partial charge is 0.246 e. The van der Waals surface area contributed by atoms with E-state index in [2.05, 4.69) is 15.9 Å². The molecule has 0 fully saturated rings. The van der Waals surface area contributed by atoms with Crippen LogP contribution in [0.2, 0.25) is 0 Å². The second-order valence-corrected chi connectivity index (χ2v) is 1.07. The zero-order chi connectivity index (χ0) is 4.28. The number of hydrogen-bond acceptors (Lipinski definition) is 1. The number of rotatable bonds is 1. The molecule has 0 unspecified atom stereocenters. The normalized spacial score (nSPS) is 7.40. The Labute approximate surface area is 37.9 Å². The van der Waals surface area contributed by atoms with Gasteiger partial charge < -0.3 is 0 Å². The summed E-state index contributed by atoms with van der Waals surface area (Å²) in [6.45, 7) is 0. The Kier molecular flexibility index (Phi) is 2.18. The van der Waals surface area contributed by atoms with E-state index < -0.39 is 5.97 Å². The van der Waals surface area contributed by atoms with Crippen LogP contribution in [0.5, 0.6) is 0 Å². The van der Waals surface area contributed by atoms with Crippen LogP contribution < -0.4 is 0 Å². The summed E-state index contributed by atoms with van der Waals surface area (Å²) in [5.41, 5.74) is 0. The van der Waals surface area contributed by atoms with E-state index in [0.717, 1.165) is 0 Å². The maximum Gasteiger partial charge on any atom is 0.366 e.